The van der Waals surface area contributed by atoms with Crippen LogP contribution >= 0.6 is 15.9 Å². The van der Waals surface area contributed by atoms with Crippen molar-refractivity contribution in [2.75, 3.05) is 12.8 Å². The minimum Gasteiger partial charge on any atom is -0.398 e. The van der Waals surface area contributed by atoms with Gasteiger partial charge in [0.15, 0.2) is 0 Å². The molecule has 2 aromatic rings. The van der Waals surface area contributed by atoms with Gasteiger partial charge in [-0.15, -0.1) is 0 Å². The molecule has 0 heterocycles. The van der Waals surface area contributed by atoms with Gasteiger partial charge in [0.2, 0.25) is 0 Å². The molecule has 0 bridgehead atoms. The molecule has 0 saturated heterocycles. The summed E-state index contributed by atoms with van der Waals surface area (Å²) in [7, 11) is 1.94. The highest BCUT2D eigenvalue weighted by atomic mass is 79.9. The molecule has 0 spiro atoms. The van der Waals surface area contributed by atoms with E-state index < -0.39 is 0 Å². The molecule has 2 aromatic carbocycles. The summed E-state index contributed by atoms with van der Waals surface area (Å²) in [4.78, 5) is 0. The molecule has 0 saturated carbocycles. The lowest BCUT2D eigenvalue weighted by Gasteiger charge is -2.19. The maximum absolute atomic E-state index is 6.04. The average Bonchev–Trinajstić information content (AvgIpc) is 2.36. The number of rotatable bonds is 3. The van der Waals surface area contributed by atoms with Crippen molar-refractivity contribution in [3.63, 3.8) is 0 Å². The van der Waals surface area contributed by atoms with Gasteiger partial charge in [-0.25, -0.2) is 0 Å². The van der Waals surface area contributed by atoms with Crippen molar-refractivity contribution in [3.05, 3.63) is 64.1 Å². The van der Waals surface area contributed by atoms with Crippen LogP contribution in [0.2, 0.25) is 0 Å². The van der Waals surface area contributed by atoms with Crippen molar-refractivity contribution in [1.82, 2.24) is 5.32 Å². The van der Waals surface area contributed by atoms with E-state index in [0.717, 1.165) is 15.7 Å². The smallest absolute Gasteiger partial charge is 0.0595 e. The van der Waals surface area contributed by atoms with Crippen LogP contribution in [0.3, 0.4) is 0 Å². The van der Waals surface area contributed by atoms with Crippen LogP contribution in [-0.4, -0.2) is 7.05 Å². The molecule has 3 N–H and O–H groups in total. The van der Waals surface area contributed by atoms with Gasteiger partial charge < -0.3 is 11.1 Å². The third-order valence-electron chi connectivity index (χ3n) is 2.78. The lowest BCUT2D eigenvalue weighted by molar-refractivity contribution is 0.693. The lowest BCUT2D eigenvalue weighted by atomic mass is 9.97. The summed E-state index contributed by atoms with van der Waals surface area (Å²) >= 11 is 3.48. The summed E-state index contributed by atoms with van der Waals surface area (Å²) in [6.07, 6.45) is 0. The van der Waals surface area contributed by atoms with Gasteiger partial charge in [0.05, 0.1) is 6.04 Å². The Bertz CT molecular complexity index is 497. The first kappa shape index (κ1) is 12.1. The third-order valence-corrected chi connectivity index (χ3v) is 3.27. The summed E-state index contributed by atoms with van der Waals surface area (Å²) in [6, 6.07) is 16.3. The summed E-state index contributed by atoms with van der Waals surface area (Å²) in [6.45, 7) is 0. The Balaban J connectivity index is 2.46. The molecule has 17 heavy (non-hydrogen) atoms. The van der Waals surface area contributed by atoms with Crippen LogP contribution in [0.25, 0.3) is 0 Å². The largest absolute Gasteiger partial charge is 0.398 e. The quantitative estimate of drug-likeness (QED) is 0.851. The molecular weight excluding hydrogens is 276 g/mol. The minimum atomic E-state index is 0.119. The van der Waals surface area contributed by atoms with E-state index in [1.165, 1.54) is 5.56 Å². The summed E-state index contributed by atoms with van der Waals surface area (Å²) in [5, 5.41) is 3.30. The maximum atomic E-state index is 6.04. The van der Waals surface area contributed by atoms with Gasteiger partial charge >= 0.3 is 0 Å². The zero-order valence-electron chi connectivity index (χ0n) is 9.65. The first-order chi connectivity index (χ1) is 8.22. The predicted molar refractivity (Wildman–Crippen MR) is 75.9 cm³/mol. The molecule has 0 amide bonds. The van der Waals surface area contributed by atoms with E-state index in [1.807, 2.05) is 37.4 Å². The van der Waals surface area contributed by atoms with Gasteiger partial charge in [0, 0.05) is 10.2 Å². The Kier molecular flexibility index (Phi) is 3.82. The van der Waals surface area contributed by atoms with Gasteiger partial charge in [-0.05, 0) is 36.4 Å². The van der Waals surface area contributed by atoms with Crippen molar-refractivity contribution < 1.29 is 0 Å². The van der Waals surface area contributed by atoms with Gasteiger partial charge in [0.1, 0.15) is 0 Å². The molecule has 1 atom stereocenters. The second-order valence-corrected chi connectivity index (χ2v) is 4.82. The molecule has 2 rings (SSSR count). The number of benzene rings is 2. The zero-order valence-corrected chi connectivity index (χ0v) is 11.2. The number of anilines is 1. The predicted octanol–water partition coefficient (Wildman–Crippen LogP) is 3.34. The first-order valence-electron chi connectivity index (χ1n) is 5.49. The number of nitrogen functional groups attached to an aromatic ring is 1. The Labute approximate surface area is 110 Å². The molecule has 0 aliphatic carbocycles. The summed E-state index contributed by atoms with van der Waals surface area (Å²) in [5.74, 6) is 0. The molecule has 0 aliphatic heterocycles. The van der Waals surface area contributed by atoms with Gasteiger partial charge in [-0.3, -0.25) is 0 Å². The van der Waals surface area contributed by atoms with Crippen molar-refractivity contribution >= 4 is 21.6 Å². The Morgan fingerprint density at radius 3 is 2.47 bits per heavy atom. The molecule has 2 nitrogen and oxygen atoms in total. The highest BCUT2D eigenvalue weighted by Crippen LogP contribution is 2.28. The molecule has 0 aromatic heterocycles. The van der Waals surface area contributed by atoms with Crippen LogP contribution < -0.4 is 11.1 Å². The molecule has 0 radical (unpaired) electrons. The molecule has 0 fully saturated rings. The topological polar surface area (TPSA) is 38.0 Å². The highest BCUT2D eigenvalue weighted by molar-refractivity contribution is 9.10. The average molecular weight is 291 g/mol. The molecule has 88 valence electrons. The van der Waals surface area contributed by atoms with Crippen LogP contribution in [0.15, 0.2) is 53.0 Å². The van der Waals surface area contributed by atoms with E-state index in [1.54, 1.807) is 0 Å². The fraction of sp³-hybridized carbons (Fsp3) is 0.143. The van der Waals surface area contributed by atoms with Crippen LogP contribution in [0, 0.1) is 0 Å². The number of hydrogen-bond donors (Lipinski definition) is 2. The molecule has 0 aliphatic rings. The van der Waals surface area contributed by atoms with E-state index in [2.05, 4.69) is 39.4 Å². The lowest BCUT2D eigenvalue weighted by Crippen LogP contribution is -2.18. The third kappa shape index (κ3) is 2.68. The fourth-order valence-electron chi connectivity index (χ4n) is 1.94. The second-order valence-electron chi connectivity index (χ2n) is 3.91. The Morgan fingerprint density at radius 1 is 1.12 bits per heavy atom. The molecule has 3 heteroatoms. The number of halogens is 1. The molecular formula is C14H15BrN2. The van der Waals surface area contributed by atoms with Crippen molar-refractivity contribution in [2.45, 2.75) is 6.04 Å². The van der Waals surface area contributed by atoms with E-state index >= 15 is 0 Å². The van der Waals surface area contributed by atoms with E-state index in [4.69, 9.17) is 5.73 Å². The zero-order chi connectivity index (χ0) is 12.3. The first-order valence-corrected chi connectivity index (χ1v) is 6.29. The van der Waals surface area contributed by atoms with Crippen LogP contribution in [-0.2, 0) is 0 Å². The summed E-state index contributed by atoms with van der Waals surface area (Å²) < 4.78 is 1.04. The summed E-state index contributed by atoms with van der Waals surface area (Å²) in [5.41, 5.74) is 9.14. The second kappa shape index (κ2) is 5.34. The maximum Gasteiger partial charge on any atom is 0.0595 e. The highest BCUT2D eigenvalue weighted by Gasteiger charge is 2.14. The fourth-order valence-corrected chi connectivity index (χ4v) is 2.32. The standard InChI is InChI=1S/C14H15BrN2/c1-17-14(10-5-3-2-4-6-10)12-9-11(15)7-8-13(12)16/h2-9,14,17H,16H2,1H3/t14-/m1/s1. The van der Waals surface area contributed by atoms with E-state index in [-0.39, 0.29) is 6.04 Å². The van der Waals surface area contributed by atoms with E-state index in [9.17, 15) is 0 Å². The Morgan fingerprint density at radius 2 is 1.82 bits per heavy atom. The van der Waals surface area contributed by atoms with Gasteiger partial charge in [-0.1, -0.05) is 46.3 Å². The number of hydrogen-bond acceptors (Lipinski definition) is 2. The number of nitrogens with two attached hydrogens (primary N) is 1. The normalized spacial score (nSPS) is 12.4. The van der Waals surface area contributed by atoms with E-state index in [0.29, 0.717) is 0 Å². The van der Waals surface area contributed by atoms with Crippen molar-refractivity contribution in [3.8, 4) is 0 Å². The Hall–Kier alpha value is -1.32. The molecule has 0 unspecified atom stereocenters. The monoisotopic (exact) mass is 290 g/mol. The van der Waals surface area contributed by atoms with Crippen LogP contribution in [0.1, 0.15) is 17.2 Å². The minimum absolute atomic E-state index is 0.119. The van der Waals surface area contributed by atoms with Crippen LogP contribution in [0.4, 0.5) is 5.69 Å². The van der Waals surface area contributed by atoms with Gasteiger partial charge in [0.25, 0.3) is 0 Å². The van der Waals surface area contributed by atoms with Crippen LogP contribution in [0.5, 0.6) is 0 Å². The van der Waals surface area contributed by atoms with Crippen molar-refractivity contribution in [2.24, 2.45) is 0 Å². The van der Waals surface area contributed by atoms with Gasteiger partial charge in [-0.2, -0.15) is 0 Å². The number of nitrogens with one attached hydrogen (secondary N) is 1. The SMILES string of the molecule is CN[C@H](c1ccccc1)c1cc(Br)ccc1N. The van der Waals surface area contributed by atoms with Crippen molar-refractivity contribution in [1.29, 1.82) is 0 Å².